The first-order valence-electron chi connectivity index (χ1n) is 25.5. The van der Waals surface area contributed by atoms with Crippen LogP contribution in [0.2, 0.25) is 0 Å². The van der Waals surface area contributed by atoms with Gasteiger partial charge in [-0.25, -0.2) is 0 Å². The van der Waals surface area contributed by atoms with Crippen molar-refractivity contribution in [1.82, 2.24) is 52.3 Å². The minimum atomic E-state index is -1.00. The van der Waals surface area contributed by atoms with Gasteiger partial charge in [-0.15, -0.1) is 0 Å². The van der Waals surface area contributed by atoms with E-state index >= 15 is 0 Å². The number of rotatable bonds is 22. The summed E-state index contributed by atoms with van der Waals surface area (Å²) in [5.74, 6) is -4.33. The van der Waals surface area contributed by atoms with Gasteiger partial charge in [-0.2, -0.15) is 0 Å². The molecule has 19 heteroatoms. The summed E-state index contributed by atoms with van der Waals surface area (Å²) in [4.78, 5) is 115. The third kappa shape index (κ3) is 14.7. The molecule has 3 aromatic carbocycles. The van der Waals surface area contributed by atoms with E-state index in [1.807, 2.05) is 102 Å². The Balaban J connectivity index is 1.37. The van der Waals surface area contributed by atoms with Gasteiger partial charge in [0.2, 0.25) is 35.4 Å². The zero-order valence-corrected chi connectivity index (χ0v) is 43.9. The van der Waals surface area contributed by atoms with Gasteiger partial charge in [0.15, 0.2) is 0 Å². The zero-order valence-electron chi connectivity index (χ0n) is 43.9. The van der Waals surface area contributed by atoms with E-state index < -0.39 is 95.9 Å². The molecule has 2 fully saturated rings. The van der Waals surface area contributed by atoms with Crippen LogP contribution in [0.5, 0.6) is 0 Å². The fourth-order valence-electron chi connectivity index (χ4n) is 9.13. The van der Waals surface area contributed by atoms with Crippen molar-refractivity contribution < 1.29 is 38.4 Å². The third-order valence-corrected chi connectivity index (χ3v) is 14.4. The number of anilines is 1. The van der Waals surface area contributed by atoms with Crippen molar-refractivity contribution in [3.8, 4) is 0 Å². The molecule has 0 radical (unpaired) electrons. The molecule has 0 saturated carbocycles. The lowest BCUT2D eigenvalue weighted by Gasteiger charge is -2.32. The monoisotopic (exact) mass is 1010 g/mol. The predicted molar refractivity (Wildman–Crippen MR) is 279 cm³/mol. The molecule has 0 spiro atoms. The molecule has 12 atom stereocenters. The van der Waals surface area contributed by atoms with Crippen LogP contribution in [0.1, 0.15) is 125 Å². The normalized spacial score (nSPS) is 20.7. The fraction of sp³-hybridized carbons (Fsp3) is 0.519. The highest BCUT2D eigenvalue weighted by atomic mass is 16.2. The minimum Gasteiger partial charge on any atom is -0.399 e. The van der Waals surface area contributed by atoms with Crippen LogP contribution in [0.15, 0.2) is 78.9 Å². The van der Waals surface area contributed by atoms with Crippen molar-refractivity contribution in [2.75, 3.05) is 32.9 Å². The molecule has 2 aliphatic heterocycles. The first-order valence-corrected chi connectivity index (χ1v) is 25.5. The SMILES string of the molecule is CC[C@H](C)[C@H](NC(=O)[C@H](C)NC)C(=O)N1C[C@@H](NC(=O)c2cc(N)cc(C(=O)N[C@H]3C[C@@H](C(=O)N[C@H](C)c4ccccc4)N(C(=O)[C@@H](NC(=O)[C@H](C)NC)[C@@H](C)CC)C3)c2)C[C@H]1C(=O)N[C@H](C)c1ccccc1. The Morgan fingerprint density at radius 2 is 0.904 bits per heavy atom. The van der Waals surface area contributed by atoms with Crippen LogP contribution in [0.3, 0.4) is 0 Å². The number of nitrogens with zero attached hydrogens (tertiary/aromatic N) is 2. The lowest BCUT2D eigenvalue weighted by molar-refractivity contribution is -0.143. The van der Waals surface area contributed by atoms with Gasteiger partial charge in [0, 0.05) is 42.0 Å². The number of likely N-dealkylation sites (N-methyl/N-ethyl adjacent to an activating group) is 2. The van der Waals surface area contributed by atoms with Crippen molar-refractivity contribution in [3.05, 3.63) is 101 Å². The highest BCUT2D eigenvalue weighted by Gasteiger charge is 2.46. The lowest BCUT2D eigenvalue weighted by atomic mass is 9.97. The molecule has 3 aromatic rings. The Morgan fingerprint density at radius 3 is 1.23 bits per heavy atom. The number of nitrogens with one attached hydrogen (secondary N) is 8. The van der Waals surface area contributed by atoms with Gasteiger partial charge in [0.1, 0.15) is 24.2 Å². The molecule has 73 heavy (non-hydrogen) atoms. The summed E-state index contributed by atoms with van der Waals surface area (Å²) in [6, 6.07) is 15.6. The van der Waals surface area contributed by atoms with E-state index in [-0.39, 0.29) is 66.4 Å². The number of carbonyl (C=O) groups excluding carboxylic acids is 8. The molecule has 396 valence electrons. The van der Waals surface area contributed by atoms with Crippen LogP contribution in [0, 0.1) is 11.8 Å². The Bertz CT molecular complexity index is 2260. The van der Waals surface area contributed by atoms with Gasteiger partial charge in [-0.3, -0.25) is 38.4 Å². The van der Waals surface area contributed by atoms with Crippen LogP contribution in [-0.2, 0) is 28.8 Å². The topological polar surface area (TPSA) is 265 Å². The maximum atomic E-state index is 14.5. The number of benzene rings is 3. The number of hydrogen-bond acceptors (Lipinski definition) is 11. The fourth-order valence-corrected chi connectivity index (χ4v) is 9.13. The van der Waals surface area contributed by atoms with Crippen molar-refractivity contribution in [3.63, 3.8) is 0 Å². The molecule has 0 aliphatic carbocycles. The van der Waals surface area contributed by atoms with Crippen LogP contribution in [0.25, 0.3) is 0 Å². The van der Waals surface area contributed by atoms with Crippen LogP contribution in [-0.4, -0.2) is 133 Å². The highest BCUT2D eigenvalue weighted by Crippen LogP contribution is 2.27. The van der Waals surface area contributed by atoms with Crippen LogP contribution in [0.4, 0.5) is 5.69 Å². The van der Waals surface area contributed by atoms with Crippen molar-refractivity contribution in [1.29, 1.82) is 0 Å². The number of nitrogen functional groups attached to an aromatic ring is 1. The second kappa shape index (κ2) is 26.2. The minimum absolute atomic E-state index is 0.0396. The smallest absolute Gasteiger partial charge is 0.251 e. The van der Waals surface area contributed by atoms with Crippen LogP contribution < -0.4 is 48.3 Å². The maximum Gasteiger partial charge on any atom is 0.251 e. The molecular formula is C54H77N11O8. The Labute approximate surface area is 429 Å². The van der Waals surface area contributed by atoms with Gasteiger partial charge in [-0.05, 0) is 95.8 Å². The summed E-state index contributed by atoms with van der Waals surface area (Å²) in [5, 5.41) is 23.5. The number of hydrogen-bond donors (Lipinski definition) is 9. The molecule has 19 nitrogen and oxygen atoms in total. The molecular weight excluding hydrogens is 931 g/mol. The number of likely N-dealkylation sites (tertiary alicyclic amines) is 2. The molecule has 5 rings (SSSR count). The lowest BCUT2D eigenvalue weighted by Crippen LogP contribution is -2.57. The second-order valence-electron chi connectivity index (χ2n) is 19.7. The third-order valence-electron chi connectivity index (χ3n) is 14.4. The summed E-state index contributed by atoms with van der Waals surface area (Å²) in [6.45, 7) is 14.5. The predicted octanol–water partition coefficient (Wildman–Crippen LogP) is 2.70. The van der Waals surface area contributed by atoms with Gasteiger partial charge < -0.3 is 58.1 Å². The summed E-state index contributed by atoms with van der Waals surface area (Å²) in [7, 11) is 3.28. The largest absolute Gasteiger partial charge is 0.399 e. The van der Waals surface area contributed by atoms with E-state index in [1.54, 1.807) is 27.9 Å². The molecule has 8 amide bonds. The van der Waals surface area contributed by atoms with Crippen molar-refractivity contribution >= 4 is 52.9 Å². The average Bonchev–Trinajstić information content (AvgIpc) is 4.03. The molecule has 2 heterocycles. The number of carbonyl (C=O) groups is 8. The molecule has 2 aliphatic rings. The Hall–Kier alpha value is -6.86. The summed E-state index contributed by atoms with van der Waals surface area (Å²) in [6.07, 6.45) is 1.23. The van der Waals surface area contributed by atoms with E-state index in [1.165, 1.54) is 28.0 Å². The van der Waals surface area contributed by atoms with E-state index in [9.17, 15) is 38.4 Å². The van der Waals surface area contributed by atoms with Crippen LogP contribution >= 0.6 is 0 Å². The second-order valence-corrected chi connectivity index (χ2v) is 19.7. The summed E-state index contributed by atoms with van der Waals surface area (Å²) >= 11 is 0. The van der Waals surface area contributed by atoms with E-state index in [0.29, 0.717) is 12.8 Å². The van der Waals surface area contributed by atoms with Gasteiger partial charge >= 0.3 is 0 Å². The molecule has 0 unspecified atom stereocenters. The first-order chi connectivity index (χ1) is 34.7. The molecule has 2 saturated heterocycles. The molecule has 10 N–H and O–H groups in total. The van der Waals surface area contributed by atoms with E-state index in [4.69, 9.17) is 5.73 Å². The van der Waals surface area contributed by atoms with Gasteiger partial charge in [0.05, 0.1) is 24.2 Å². The number of nitrogens with two attached hydrogens (primary N) is 1. The molecule has 0 bridgehead atoms. The zero-order chi connectivity index (χ0) is 53.7. The first kappa shape index (κ1) is 57.0. The standard InChI is InChI=1S/C54H77N11O8/c1-11-30(3)45(62-47(66)34(7)56-9)53(72)64-28-41(26-43(64)51(70)58-32(5)36-19-15-13-16-20-36)60-49(68)38-23-39(25-40(55)24-38)50(69)61-42-27-44(52(71)59-33(6)37-21-17-14-18-22-37)65(29-42)54(73)46(31(4)12-2)63-48(67)35(8)57-10/h13-25,30-35,41-46,56-57H,11-12,26-29,55H2,1-10H3,(H,58,70)(H,59,71)(H,60,68)(H,61,69)(H,62,66)(H,63,67)/t30-,31-,32+,33+,34-,35-,41-,42-,43-,44-,45-,46-/m0/s1. The highest BCUT2D eigenvalue weighted by molar-refractivity contribution is 6.02. The number of amides is 8. The van der Waals surface area contributed by atoms with Crippen molar-refractivity contribution in [2.24, 2.45) is 11.8 Å². The van der Waals surface area contributed by atoms with E-state index in [2.05, 4.69) is 42.5 Å². The van der Waals surface area contributed by atoms with E-state index in [0.717, 1.165) is 11.1 Å². The summed E-state index contributed by atoms with van der Waals surface area (Å²) < 4.78 is 0. The quantitative estimate of drug-likeness (QED) is 0.0661. The average molecular weight is 1010 g/mol. The van der Waals surface area contributed by atoms with Crippen molar-refractivity contribution in [2.45, 2.75) is 141 Å². The maximum absolute atomic E-state index is 14.5. The Kier molecular flexibility index (Phi) is 20.5. The Morgan fingerprint density at radius 1 is 0.548 bits per heavy atom. The van der Waals surface area contributed by atoms with Gasteiger partial charge in [-0.1, -0.05) is 101 Å². The summed E-state index contributed by atoms with van der Waals surface area (Å²) in [5.41, 5.74) is 8.23. The molecule has 0 aromatic heterocycles. The van der Waals surface area contributed by atoms with Gasteiger partial charge in [0.25, 0.3) is 11.8 Å².